The summed E-state index contributed by atoms with van der Waals surface area (Å²) in [6.07, 6.45) is 0. The van der Waals surface area contributed by atoms with Crippen LogP contribution in [-0.4, -0.2) is 0 Å². The molecule has 0 bridgehead atoms. The lowest BCUT2D eigenvalue weighted by atomic mass is 9.77. The number of anilines is 12. The van der Waals surface area contributed by atoms with Gasteiger partial charge < -0.3 is 19.6 Å². The molecule has 108 heavy (non-hydrogen) atoms. The Morgan fingerprint density at radius 3 is 0.509 bits per heavy atom. The Bertz CT molecular complexity index is 4790. The molecule has 0 atom stereocenters. The summed E-state index contributed by atoms with van der Waals surface area (Å²) in [6.45, 7) is 76.1. The van der Waals surface area contributed by atoms with Crippen LogP contribution in [0.15, 0.2) is 182 Å². The standard InChI is InChI=1S/C104H126N4/c1-63-41-33-37-45-83(63)105(87-57-71(97(9,10)11)53-79(67(87)5)101(21,22)23)91-61-92(106(84-46-38-34-42-64(84)2)88-58-72(98(12,13)14)54-80(68(88)6)102(24,25)26)76-51-52-78-94(108(86-48-40-36-44-66(86)4)90-60-74(100(18,19)20)56-82(70(90)8)104(30,31)32)62-93(77-50-49-75(91)95(76)96(77)78)107(85-47-39-35-43-65(85)3)89-59-73(99(15,16)17)55-81(69(89)7)103(27,28)29/h33-62H,1-32H3. The first-order valence-electron chi connectivity index (χ1n) is 39.8. The maximum absolute atomic E-state index is 2.69. The van der Waals surface area contributed by atoms with E-state index >= 15 is 0 Å². The molecule has 0 aromatic heterocycles. The summed E-state index contributed by atoms with van der Waals surface area (Å²) in [4.78, 5) is 10.7. The summed E-state index contributed by atoms with van der Waals surface area (Å²) in [5.41, 5.74) is 32.7. The highest BCUT2D eigenvalue weighted by Crippen LogP contribution is 2.59. The second kappa shape index (κ2) is 27.5. The van der Waals surface area contributed by atoms with Crippen molar-refractivity contribution >= 4 is 101 Å². The monoisotopic (exact) mass is 1430 g/mol. The average Bonchev–Trinajstić information content (AvgIpc) is 0.693. The lowest BCUT2D eigenvalue weighted by molar-refractivity contribution is 0.565. The van der Waals surface area contributed by atoms with Gasteiger partial charge in [0, 0.05) is 77.8 Å². The molecule has 4 nitrogen and oxygen atoms in total. The second-order valence-electron chi connectivity index (χ2n) is 40.1. The minimum atomic E-state index is -0.178. The van der Waals surface area contributed by atoms with Gasteiger partial charge in [-0.1, -0.05) is 287 Å². The molecule has 0 aliphatic carbocycles. The van der Waals surface area contributed by atoms with Gasteiger partial charge in [-0.25, -0.2) is 0 Å². The molecular formula is C104H126N4. The quantitative estimate of drug-likeness (QED) is 0.113. The van der Waals surface area contributed by atoms with E-state index in [2.05, 4.69) is 423 Å². The zero-order chi connectivity index (χ0) is 79.2. The minimum absolute atomic E-state index is 0.175. The van der Waals surface area contributed by atoms with Gasteiger partial charge in [0.1, 0.15) is 0 Å². The zero-order valence-corrected chi connectivity index (χ0v) is 72.1. The normalized spacial score (nSPS) is 13.0. The van der Waals surface area contributed by atoms with Gasteiger partial charge in [-0.3, -0.25) is 0 Å². The molecule has 0 aliphatic heterocycles. The summed E-state index contributed by atoms with van der Waals surface area (Å²) in [7, 11) is 0. The van der Waals surface area contributed by atoms with E-state index in [1.807, 2.05) is 0 Å². The van der Waals surface area contributed by atoms with Crippen LogP contribution in [0.3, 0.4) is 0 Å². The number of benzene rings is 12. The topological polar surface area (TPSA) is 13.0 Å². The molecule has 0 saturated carbocycles. The highest BCUT2D eigenvalue weighted by atomic mass is 15.2. The third-order valence-corrected chi connectivity index (χ3v) is 23.4. The van der Waals surface area contributed by atoms with E-state index in [4.69, 9.17) is 0 Å². The average molecular weight is 1430 g/mol. The van der Waals surface area contributed by atoms with Crippen LogP contribution >= 0.6 is 0 Å². The molecule has 12 aromatic rings. The first kappa shape index (κ1) is 78.5. The van der Waals surface area contributed by atoms with Gasteiger partial charge in [0.05, 0.1) is 22.7 Å². The molecule has 0 N–H and O–H groups in total. The summed E-state index contributed by atoms with van der Waals surface area (Å²) < 4.78 is 0. The fraction of sp³-hybridized carbons (Fsp3) is 0.385. The summed E-state index contributed by atoms with van der Waals surface area (Å²) in [5.74, 6) is 0. The van der Waals surface area contributed by atoms with Crippen molar-refractivity contribution in [2.45, 2.75) is 265 Å². The van der Waals surface area contributed by atoms with Crippen LogP contribution in [0.2, 0.25) is 0 Å². The fourth-order valence-electron chi connectivity index (χ4n) is 17.0. The van der Waals surface area contributed by atoms with Gasteiger partial charge in [0.2, 0.25) is 0 Å². The van der Waals surface area contributed by atoms with Gasteiger partial charge in [-0.2, -0.15) is 0 Å². The van der Waals surface area contributed by atoms with E-state index in [0.717, 1.165) is 45.5 Å². The van der Waals surface area contributed by atoms with E-state index in [1.165, 1.54) is 144 Å². The molecule has 0 radical (unpaired) electrons. The third kappa shape index (κ3) is 14.4. The lowest BCUT2D eigenvalue weighted by Gasteiger charge is -2.38. The lowest BCUT2D eigenvalue weighted by Crippen LogP contribution is -2.23. The Hall–Kier alpha value is -9.12. The van der Waals surface area contributed by atoms with Crippen molar-refractivity contribution in [2.75, 3.05) is 19.6 Å². The predicted molar refractivity (Wildman–Crippen MR) is 476 cm³/mol. The minimum Gasteiger partial charge on any atom is -0.309 e. The smallest absolute Gasteiger partial charge is 0.0561 e. The number of nitrogens with zero attached hydrogens (tertiary/aromatic N) is 4. The maximum Gasteiger partial charge on any atom is 0.0561 e. The zero-order valence-electron chi connectivity index (χ0n) is 72.1. The van der Waals surface area contributed by atoms with Gasteiger partial charge in [-0.05, 0) is 248 Å². The second-order valence-corrected chi connectivity index (χ2v) is 40.1. The molecule has 562 valence electrons. The number of rotatable bonds is 12. The van der Waals surface area contributed by atoms with E-state index in [0.29, 0.717) is 0 Å². The number of hydrogen-bond acceptors (Lipinski definition) is 4. The molecule has 0 fully saturated rings. The van der Waals surface area contributed by atoms with Gasteiger partial charge in [-0.15, -0.1) is 0 Å². The van der Waals surface area contributed by atoms with E-state index in [-0.39, 0.29) is 43.3 Å². The van der Waals surface area contributed by atoms with Crippen molar-refractivity contribution in [3.05, 3.63) is 271 Å². The van der Waals surface area contributed by atoms with Crippen molar-refractivity contribution < 1.29 is 0 Å². The molecule has 4 heteroatoms. The molecule has 0 unspecified atom stereocenters. The van der Waals surface area contributed by atoms with E-state index in [1.54, 1.807) is 0 Å². The third-order valence-electron chi connectivity index (χ3n) is 23.4. The van der Waals surface area contributed by atoms with Gasteiger partial charge in [0.25, 0.3) is 0 Å². The highest BCUT2D eigenvalue weighted by Gasteiger charge is 2.37. The van der Waals surface area contributed by atoms with Crippen LogP contribution in [0, 0.1) is 55.4 Å². The van der Waals surface area contributed by atoms with Crippen molar-refractivity contribution in [2.24, 2.45) is 0 Å². The number of aryl methyl sites for hydroxylation is 4. The first-order valence-corrected chi connectivity index (χ1v) is 39.8. The van der Waals surface area contributed by atoms with Crippen LogP contribution in [0.25, 0.3) is 32.3 Å². The van der Waals surface area contributed by atoms with Crippen molar-refractivity contribution in [1.82, 2.24) is 0 Å². The van der Waals surface area contributed by atoms with Crippen LogP contribution in [0.5, 0.6) is 0 Å². The van der Waals surface area contributed by atoms with E-state index in [9.17, 15) is 0 Å². The van der Waals surface area contributed by atoms with Gasteiger partial charge >= 0.3 is 0 Å². The molecule has 0 heterocycles. The Kier molecular flexibility index (Phi) is 20.0. The van der Waals surface area contributed by atoms with E-state index < -0.39 is 0 Å². The van der Waals surface area contributed by atoms with Crippen molar-refractivity contribution in [3.8, 4) is 0 Å². The highest BCUT2D eigenvalue weighted by molar-refractivity contribution is 6.33. The summed E-state index contributed by atoms with van der Waals surface area (Å²) in [5, 5.41) is 7.09. The molecular weight excluding hydrogens is 1310 g/mol. The molecule has 12 aromatic carbocycles. The Morgan fingerprint density at radius 1 is 0.176 bits per heavy atom. The molecule has 0 aliphatic rings. The van der Waals surface area contributed by atoms with Crippen LogP contribution in [0.1, 0.15) is 255 Å². The Morgan fingerprint density at radius 2 is 0.352 bits per heavy atom. The number of para-hydroxylation sites is 4. The van der Waals surface area contributed by atoms with Crippen LogP contribution < -0.4 is 19.6 Å². The Labute approximate surface area is 652 Å². The summed E-state index contributed by atoms with van der Waals surface area (Å²) in [6, 6.07) is 72.0. The fourth-order valence-corrected chi connectivity index (χ4v) is 17.0. The molecule has 0 spiro atoms. The van der Waals surface area contributed by atoms with Gasteiger partial charge in [0.15, 0.2) is 0 Å². The SMILES string of the molecule is Cc1ccccc1N(c1cc(C(C)(C)C)cc(C(C)(C)C)c1C)c1cc(N(c2ccccc2C)c2cc(C(C)(C)C)cc(C(C)(C)C)c2C)c2ccc3c(N(c4ccccc4C)c4cc(C(C)(C)C)cc(C(C)(C)C)c4C)cc(N(c4ccccc4C)c4cc(C(C)(C)C)cc(C(C)(C)C)c4C)c4ccc1c2c43. The molecule has 0 saturated heterocycles. The van der Waals surface area contributed by atoms with Crippen molar-refractivity contribution in [3.63, 3.8) is 0 Å². The Balaban J connectivity index is 1.44. The van der Waals surface area contributed by atoms with Crippen LogP contribution in [-0.2, 0) is 43.3 Å². The number of hydrogen-bond donors (Lipinski definition) is 0. The maximum atomic E-state index is 2.69. The predicted octanol–water partition coefficient (Wildman–Crippen LogP) is 31.3. The first-order chi connectivity index (χ1) is 50.0. The van der Waals surface area contributed by atoms with Crippen molar-refractivity contribution in [1.29, 1.82) is 0 Å². The van der Waals surface area contributed by atoms with Crippen LogP contribution in [0.4, 0.5) is 68.2 Å². The largest absolute Gasteiger partial charge is 0.309 e. The molecule has 12 rings (SSSR count). The molecule has 0 amide bonds. The summed E-state index contributed by atoms with van der Waals surface area (Å²) >= 11 is 0.